The fraction of sp³-hybridized carbons (Fsp3) is 0.375. The van der Waals surface area contributed by atoms with E-state index in [1.54, 1.807) is 16.6 Å². The highest BCUT2D eigenvalue weighted by molar-refractivity contribution is 8.01. The van der Waals surface area contributed by atoms with Crippen molar-refractivity contribution < 1.29 is 4.79 Å². The van der Waals surface area contributed by atoms with Crippen LogP contribution in [0.2, 0.25) is 0 Å². The number of hydrogen-bond donors (Lipinski definition) is 0. The predicted octanol–water partition coefficient (Wildman–Crippen LogP) is 1.25. The standard InChI is InChI=1S/C8H9N3OS/c12-8-2-1-5-13-11(8)7-3-4-9-6-10-7/h3-4,6H,1-2,5H2. The third kappa shape index (κ3) is 1.80. The molecule has 2 heterocycles. The summed E-state index contributed by atoms with van der Waals surface area (Å²) >= 11 is 1.52. The van der Waals surface area contributed by atoms with Crippen LogP contribution in [0.5, 0.6) is 0 Å². The first-order chi connectivity index (χ1) is 6.38. The van der Waals surface area contributed by atoms with E-state index in [1.807, 2.05) is 0 Å². The number of nitrogens with zero attached hydrogens (tertiary/aromatic N) is 3. The molecule has 4 nitrogen and oxygen atoms in total. The van der Waals surface area contributed by atoms with E-state index in [-0.39, 0.29) is 5.91 Å². The third-order valence-electron chi connectivity index (χ3n) is 1.76. The van der Waals surface area contributed by atoms with Crippen LogP contribution in [-0.2, 0) is 4.79 Å². The zero-order valence-electron chi connectivity index (χ0n) is 7.01. The van der Waals surface area contributed by atoms with Crippen LogP contribution in [0.25, 0.3) is 0 Å². The van der Waals surface area contributed by atoms with Gasteiger partial charge in [-0.3, -0.25) is 4.79 Å². The van der Waals surface area contributed by atoms with Crippen LogP contribution in [0.15, 0.2) is 18.6 Å². The maximum Gasteiger partial charge on any atom is 0.238 e. The average molecular weight is 195 g/mol. The molecule has 0 N–H and O–H groups in total. The summed E-state index contributed by atoms with van der Waals surface area (Å²) in [6.07, 6.45) is 4.69. The van der Waals surface area contributed by atoms with E-state index in [1.165, 1.54) is 18.3 Å². The lowest BCUT2D eigenvalue weighted by molar-refractivity contribution is -0.117. The fourth-order valence-corrected chi connectivity index (χ4v) is 2.08. The van der Waals surface area contributed by atoms with E-state index >= 15 is 0 Å². The van der Waals surface area contributed by atoms with E-state index < -0.39 is 0 Å². The topological polar surface area (TPSA) is 46.1 Å². The van der Waals surface area contributed by atoms with Crippen molar-refractivity contribution in [1.29, 1.82) is 0 Å². The smallest absolute Gasteiger partial charge is 0.238 e. The van der Waals surface area contributed by atoms with Crippen LogP contribution in [0.3, 0.4) is 0 Å². The van der Waals surface area contributed by atoms with Gasteiger partial charge in [-0.15, -0.1) is 0 Å². The number of carbonyl (C=O) groups excluding carboxylic acids is 1. The van der Waals surface area contributed by atoms with Gasteiger partial charge in [0, 0.05) is 24.4 Å². The molecule has 0 saturated carbocycles. The molecule has 68 valence electrons. The second-order valence-electron chi connectivity index (χ2n) is 2.69. The Morgan fingerprint density at radius 1 is 1.54 bits per heavy atom. The van der Waals surface area contributed by atoms with Gasteiger partial charge in [0.1, 0.15) is 12.1 Å². The molecule has 2 rings (SSSR count). The van der Waals surface area contributed by atoms with E-state index in [4.69, 9.17) is 0 Å². The molecule has 0 aliphatic carbocycles. The highest BCUT2D eigenvalue weighted by atomic mass is 32.2. The lowest BCUT2D eigenvalue weighted by Gasteiger charge is -2.23. The van der Waals surface area contributed by atoms with Crippen LogP contribution in [-0.4, -0.2) is 21.6 Å². The van der Waals surface area contributed by atoms with Gasteiger partial charge in [-0.2, -0.15) is 0 Å². The summed E-state index contributed by atoms with van der Waals surface area (Å²) in [7, 11) is 0. The Hall–Kier alpha value is -1.10. The molecule has 0 radical (unpaired) electrons. The van der Waals surface area contributed by atoms with Crippen molar-refractivity contribution in [3.8, 4) is 0 Å². The van der Waals surface area contributed by atoms with Gasteiger partial charge >= 0.3 is 0 Å². The van der Waals surface area contributed by atoms with Crippen molar-refractivity contribution >= 4 is 23.7 Å². The zero-order chi connectivity index (χ0) is 9.10. The van der Waals surface area contributed by atoms with Gasteiger partial charge in [0.05, 0.1) is 0 Å². The van der Waals surface area contributed by atoms with Gasteiger partial charge in [0.25, 0.3) is 0 Å². The summed E-state index contributed by atoms with van der Waals surface area (Å²) in [6, 6.07) is 1.75. The summed E-state index contributed by atoms with van der Waals surface area (Å²) in [4.78, 5) is 19.3. The third-order valence-corrected chi connectivity index (χ3v) is 2.88. The van der Waals surface area contributed by atoms with Gasteiger partial charge in [-0.1, -0.05) is 0 Å². The predicted molar refractivity (Wildman–Crippen MR) is 51.2 cm³/mol. The number of hydrogen-bond acceptors (Lipinski definition) is 4. The Bertz CT molecular complexity index is 304. The van der Waals surface area contributed by atoms with E-state index in [0.717, 1.165) is 12.2 Å². The molecule has 0 unspecified atom stereocenters. The number of amides is 1. The molecule has 1 aromatic rings. The maximum atomic E-state index is 11.4. The number of rotatable bonds is 1. The molecule has 1 fully saturated rings. The summed E-state index contributed by atoms with van der Waals surface area (Å²) in [5, 5.41) is 0. The highest BCUT2D eigenvalue weighted by Crippen LogP contribution is 2.25. The van der Waals surface area contributed by atoms with E-state index in [0.29, 0.717) is 12.2 Å². The molecule has 5 heteroatoms. The zero-order valence-corrected chi connectivity index (χ0v) is 7.83. The van der Waals surface area contributed by atoms with E-state index in [2.05, 4.69) is 9.97 Å². The SMILES string of the molecule is O=C1CCCSN1c1ccncn1. The fourth-order valence-electron chi connectivity index (χ4n) is 1.15. The monoisotopic (exact) mass is 195 g/mol. The molecule has 1 amide bonds. The largest absolute Gasteiger partial charge is 0.274 e. The van der Waals surface area contributed by atoms with Crippen LogP contribution < -0.4 is 4.31 Å². The first-order valence-electron chi connectivity index (χ1n) is 4.10. The first-order valence-corrected chi connectivity index (χ1v) is 5.04. The summed E-state index contributed by atoms with van der Waals surface area (Å²) in [5.41, 5.74) is 0. The maximum absolute atomic E-state index is 11.4. The Kier molecular flexibility index (Phi) is 2.44. The lowest BCUT2D eigenvalue weighted by Crippen LogP contribution is -2.28. The van der Waals surface area contributed by atoms with Crippen molar-refractivity contribution in [2.24, 2.45) is 0 Å². The van der Waals surface area contributed by atoms with Crippen LogP contribution >= 0.6 is 11.9 Å². The average Bonchev–Trinajstić information content (AvgIpc) is 2.20. The molecule has 0 bridgehead atoms. The van der Waals surface area contributed by atoms with Gasteiger partial charge in [0.2, 0.25) is 5.91 Å². The second kappa shape index (κ2) is 3.74. The van der Waals surface area contributed by atoms with Gasteiger partial charge < -0.3 is 0 Å². The number of anilines is 1. The van der Waals surface area contributed by atoms with Gasteiger partial charge in [-0.25, -0.2) is 14.3 Å². The minimum atomic E-state index is 0.134. The summed E-state index contributed by atoms with van der Waals surface area (Å²) in [5.74, 6) is 1.80. The van der Waals surface area contributed by atoms with Gasteiger partial charge in [-0.05, 0) is 18.4 Å². The van der Waals surface area contributed by atoms with Crippen LogP contribution in [0, 0.1) is 0 Å². The Balaban J connectivity index is 2.20. The Morgan fingerprint density at radius 2 is 2.46 bits per heavy atom. The minimum Gasteiger partial charge on any atom is -0.274 e. The van der Waals surface area contributed by atoms with Crippen molar-refractivity contribution in [1.82, 2.24) is 9.97 Å². The quantitative estimate of drug-likeness (QED) is 0.633. The molecule has 0 atom stereocenters. The lowest BCUT2D eigenvalue weighted by atomic mass is 10.3. The minimum absolute atomic E-state index is 0.134. The molecule has 1 aromatic heterocycles. The van der Waals surface area contributed by atoms with Crippen molar-refractivity contribution in [3.63, 3.8) is 0 Å². The summed E-state index contributed by atoms with van der Waals surface area (Å²) in [6.45, 7) is 0. The van der Waals surface area contributed by atoms with Crippen LogP contribution in [0.4, 0.5) is 5.82 Å². The number of aromatic nitrogens is 2. The molecular formula is C8H9N3OS. The van der Waals surface area contributed by atoms with Gasteiger partial charge in [0.15, 0.2) is 0 Å². The first kappa shape index (κ1) is 8.50. The molecule has 1 aliphatic heterocycles. The summed E-state index contributed by atoms with van der Waals surface area (Å²) < 4.78 is 1.64. The molecule has 13 heavy (non-hydrogen) atoms. The van der Waals surface area contributed by atoms with Crippen LogP contribution in [0.1, 0.15) is 12.8 Å². The van der Waals surface area contributed by atoms with Crippen molar-refractivity contribution in [2.45, 2.75) is 12.8 Å². The Morgan fingerprint density at radius 3 is 3.15 bits per heavy atom. The normalized spacial score (nSPS) is 17.5. The van der Waals surface area contributed by atoms with Crippen molar-refractivity contribution in [3.05, 3.63) is 18.6 Å². The molecule has 0 spiro atoms. The van der Waals surface area contributed by atoms with Crippen molar-refractivity contribution in [2.75, 3.05) is 10.1 Å². The highest BCUT2D eigenvalue weighted by Gasteiger charge is 2.21. The molecular weight excluding hydrogens is 186 g/mol. The number of carbonyl (C=O) groups is 1. The molecule has 1 aliphatic rings. The molecule has 0 aromatic carbocycles. The molecule has 1 saturated heterocycles. The second-order valence-corrected chi connectivity index (χ2v) is 3.72. The van der Waals surface area contributed by atoms with E-state index in [9.17, 15) is 4.79 Å². The Labute approximate surface area is 80.5 Å².